The van der Waals surface area contributed by atoms with Crippen LogP contribution in [0.15, 0.2) is 66.3 Å². The molecule has 0 saturated heterocycles. The van der Waals surface area contributed by atoms with Gasteiger partial charge in [-0.05, 0) is 23.8 Å². The molecule has 28 heavy (non-hydrogen) atoms. The minimum atomic E-state index is -0.188. The third-order valence-electron chi connectivity index (χ3n) is 3.85. The van der Waals surface area contributed by atoms with Gasteiger partial charge in [0.2, 0.25) is 5.91 Å². The van der Waals surface area contributed by atoms with E-state index in [0.717, 1.165) is 11.4 Å². The number of amides is 1. The van der Waals surface area contributed by atoms with Crippen molar-refractivity contribution in [2.75, 3.05) is 11.1 Å². The molecule has 0 aliphatic carbocycles. The summed E-state index contributed by atoms with van der Waals surface area (Å²) in [5.41, 5.74) is 1.67. The molecule has 0 aliphatic rings. The van der Waals surface area contributed by atoms with Crippen LogP contribution < -0.4 is 5.32 Å². The van der Waals surface area contributed by atoms with Crippen LogP contribution in [0.25, 0.3) is 0 Å². The predicted octanol–water partition coefficient (Wildman–Crippen LogP) is 5.09. The highest BCUT2D eigenvalue weighted by Crippen LogP contribution is 2.26. The first kappa shape index (κ1) is 20.5. The van der Waals surface area contributed by atoms with Gasteiger partial charge >= 0.3 is 0 Å². The molecule has 3 aromatic rings. The number of halogens is 2. The number of allylic oxidation sites excluding steroid dienone is 1. The Labute approximate surface area is 177 Å². The number of aromatic nitrogens is 3. The Morgan fingerprint density at radius 1 is 1.18 bits per heavy atom. The molecule has 8 heteroatoms. The summed E-state index contributed by atoms with van der Waals surface area (Å²) in [5.74, 6) is 0.821. The molecule has 1 aromatic heterocycles. The first-order chi connectivity index (χ1) is 13.6. The molecule has 0 atom stereocenters. The van der Waals surface area contributed by atoms with Crippen molar-refractivity contribution < 1.29 is 4.79 Å². The van der Waals surface area contributed by atoms with Gasteiger partial charge in [0.15, 0.2) is 5.16 Å². The fraction of sp³-hybridized carbons (Fsp3) is 0.150. The third kappa shape index (κ3) is 5.38. The van der Waals surface area contributed by atoms with Gasteiger partial charge in [0.05, 0.1) is 16.5 Å². The highest BCUT2D eigenvalue weighted by molar-refractivity contribution is 7.99. The normalized spacial score (nSPS) is 10.6. The van der Waals surface area contributed by atoms with Gasteiger partial charge in [-0.25, -0.2) is 0 Å². The van der Waals surface area contributed by atoms with Gasteiger partial charge in [0, 0.05) is 18.0 Å². The van der Waals surface area contributed by atoms with Gasteiger partial charge in [-0.1, -0.05) is 71.4 Å². The van der Waals surface area contributed by atoms with E-state index in [4.69, 9.17) is 23.2 Å². The van der Waals surface area contributed by atoms with Crippen molar-refractivity contribution in [2.24, 2.45) is 0 Å². The van der Waals surface area contributed by atoms with Crippen molar-refractivity contribution in [1.82, 2.24) is 14.8 Å². The fourth-order valence-electron chi connectivity index (χ4n) is 2.55. The lowest BCUT2D eigenvalue weighted by atomic mass is 10.1. The van der Waals surface area contributed by atoms with Gasteiger partial charge in [0.1, 0.15) is 5.82 Å². The molecule has 0 bridgehead atoms. The number of thioether (sulfide) groups is 1. The monoisotopic (exact) mass is 432 g/mol. The second-order valence-corrected chi connectivity index (χ2v) is 7.71. The van der Waals surface area contributed by atoms with E-state index in [1.807, 2.05) is 34.9 Å². The van der Waals surface area contributed by atoms with Crippen LogP contribution in [0.4, 0.5) is 5.69 Å². The van der Waals surface area contributed by atoms with Crippen LogP contribution in [0.2, 0.25) is 10.0 Å². The fourth-order valence-corrected chi connectivity index (χ4v) is 3.78. The Hall–Kier alpha value is -2.28. The SMILES string of the molecule is C=CCn1c(Cc2ccccc2)nnc1SCC(=O)Nc1ccc(Cl)cc1Cl. The molecule has 1 N–H and O–H groups in total. The second-order valence-electron chi connectivity index (χ2n) is 5.92. The number of nitrogens with one attached hydrogen (secondary N) is 1. The van der Waals surface area contributed by atoms with Gasteiger partial charge in [0.25, 0.3) is 0 Å². The summed E-state index contributed by atoms with van der Waals surface area (Å²) in [6.45, 7) is 4.37. The van der Waals surface area contributed by atoms with Crippen molar-refractivity contribution in [2.45, 2.75) is 18.1 Å². The van der Waals surface area contributed by atoms with E-state index >= 15 is 0 Å². The molecule has 144 valence electrons. The minimum Gasteiger partial charge on any atom is -0.324 e. The molecule has 0 aliphatic heterocycles. The van der Waals surface area contributed by atoms with E-state index in [0.29, 0.717) is 33.9 Å². The van der Waals surface area contributed by atoms with Crippen LogP contribution in [0, 0.1) is 0 Å². The number of hydrogen-bond donors (Lipinski definition) is 1. The molecule has 1 heterocycles. The number of anilines is 1. The summed E-state index contributed by atoms with van der Waals surface area (Å²) < 4.78 is 1.97. The summed E-state index contributed by atoms with van der Waals surface area (Å²) in [6.07, 6.45) is 2.45. The molecular weight excluding hydrogens is 415 g/mol. The smallest absolute Gasteiger partial charge is 0.234 e. The highest BCUT2D eigenvalue weighted by atomic mass is 35.5. The number of nitrogens with zero attached hydrogens (tertiary/aromatic N) is 3. The minimum absolute atomic E-state index is 0.180. The summed E-state index contributed by atoms with van der Waals surface area (Å²) in [4.78, 5) is 12.3. The highest BCUT2D eigenvalue weighted by Gasteiger charge is 2.14. The van der Waals surface area contributed by atoms with E-state index in [9.17, 15) is 4.79 Å². The molecule has 0 unspecified atom stereocenters. The number of rotatable bonds is 8. The third-order valence-corrected chi connectivity index (χ3v) is 5.36. The van der Waals surface area contributed by atoms with Crippen molar-refractivity contribution >= 4 is 46.6 Å². The standard InChI is InChI=1S/C20H18Cl2N4OS/c1-2-10-26-18(11-14-6-4-3-5-7-14)24-25-20(26)28-13-19(27)23-17-9-8-15(21)12-16(17)22/h2-9,12H,1,10-11,13H2,(H,23,27). The van der Waals surface area contributed by atoms with E-state index in [2.05, 4.69) is 22.1 Å². The summed E-state index contributed by atoms with van der Waals surface area (Å²) in [5, 5.41) is 12.9. The Kier molecular flexibility index (Phi) is 7.14. The van der Waals surface area contributed by atoms with Gasteiger partial charge < -0.3 is 9.88 Å². The van der Waals surface area contributed by atoms with Crippen LogP contribution in [0.3, 0.4) is 0 Å². The summed E-state index contributed by atoms with van der Waals surface area (Å²) in [6, 6.07) is 15.0. The van der Waals surface area contributed by atoms with E-state index < -0.39 is 0 Å². The lowest BCUT2D eigenvalue weighted by Crippen LogP contribution is -2.15. The molecule has 0 fully saturated rings. The van der Waals surface area contributed by atoms with Crippen molar-refractivity contribution in [3.05, 3.63) is 82.6 Å². The summed E-state index contributed by atoms with van der Waals surface area (Å²) in [7, 11) is 0. The molecule has 0 radical (unpaired) electrons. The van der Waals surface area contributed by atoms with Crippen molar-refractivity contribution in [3.63, 3.8) is 0 Å². The molecule has 1 amide bonds. The van der Waals surface area contributed by atoms with E-state index in [1.54, 1.807) is 24.3 Å². The Bertz CT molecular complexity index is 976. The molecular formula is C20H18Cl2N4OS. The first-order valence-corrected chi connectivity index (χ1v) is 10.3. The molecule has 0 spiro atoms. The Balaban J connectivity index is 1.66. The number of benzene rings is 2. The lowest BCUT2D eigenvalue weighted by Gasteiger charge is -2.09. The number of carbonyl (C=O) groups is 1. The van der Waals surface area contributed by atoms with Crippen LogP contribution >= 0.6 is 35.0 Å². The maximum Gasteiger partial charge on any atom is 0.234 e. The van der Waals surface area contributed by atoms with Gasteiger partial charge in [-0.2, -0.15) is 0 Å². The van der Waals surface area contributed by atoms with Crippen LogP contribution in [-0.4, -0.2) is 26.4 Å². The first-order valence-electron chi connectivity index (χ1n) is 8.51. The molecule has 3 rings (SSSR count). The van der Waals surface area contributed by atoms with Gasteiger partial charge in [-0.15, -0.1) is 16.8 Å². The summed E-state index contributed by atoms with van der Waals surface area (Å²) >= 11 is 13.3. The number of hydrogen-bond acceptors (Lipinski definition) is 4. The molecule has 5 nitrogen and oxygen atoms in total. The second kappa shape index (κ2) is 9.78. The van der Waals surface area contributed by atoms with Crippen molar-refractivity contribution in [3.8, 4) is 0 Å². The Morgan fingerprint density at radius 2 is 1.96 bits per heavy atom. The zero-order valence-electron chi connectivity index (χ0n) is 14.9. The predicted molar refractivity (Wildman–Crippen MR) is 115 cm³/mol. The van der Waals surface area contributed by atoms with Crippen LogP contribution in [-0.2, 0) is 17.8 Å². The lowest BCUT2D eigenvalue weighted by molar-refractivity contribution is -0.113. The van der Waals surface area contributed by atoms with Crippen LogP contribution in [0.1, 0.15) is 11.4 Å². The quantitative estimate of drug-likeness (QED) is 0.397. The topological polar surface area (TPSA) is 59.8 Å². The maximum atomic E-state index is 12.3. The largest absolute Gasteiger partial charge is 0.324 e. The molecule has 0 saturated carbocycles. The zero-order chi connectivity index (χ0) is 19.9. The zero-order valence-corrected chi connectivity index (χ0v) is 17.3. The van der Waals surface area contributed by atoms with E-state index in [-0.39, 0.29) is 11.7 Å². The van der Waals surface area contributed by atoms with Crippen LogP contribution in [0.5, 0.6) is 0 Å². The molecule has 2 aromatic carbocycles. The Morgan fingerprint density at radius 3 is 2.68 bits per heavy atom. The average Bonchev–Trinajstić information content (AvgIpc) is 3.05. The van der Waals surface area contributed by atoms with Gasteiger partial charge in [-0.3, -0.25) is 4.79 Å². The van der Waals surface area contributed by atoms with Crippen molar-refractivity contribution in [1.29, 1.82) is 0 Å². The number of carbonyl (C=O) groups excluding carboxylic acids is 1. The van der Waals surface area contributed by atoms with E-state index in [1.165, 1.54) is 11.8 Å². The maximum absolute atomic E-state index is 12.3. The average molecular weight is 433 g/mol.